The number of rotatable bonds is 24. The molecule has 47 heteroatoms. The first-order valence-corrected chi connectivity index (χ1v) is 40.2. The molecule has 7 rings (SSSR count). The summed E-state index contributed by atoms with van der Waals surface area (Å²) in [7, 11) is 14.6. The average molecular weight is 2200 g/mol. The maximum Gasteiger partial charge on any atom is 1.00 e. The fourth-order valence-electron chi connectivity index (χ4n) is 6.34. The Morgan fingerprint density at radius 1 is 0.624 bits per heavy atom. The van der Waals surface area contributed by atoms with Gasteiger partial charge in [-0.2, -0.15) is 0 Å². The molecule has 0 saturated heterocycles. The van der Waals surface area contributed by atoms with E-state index in [9.17, 15) is 51.4 Å². The molecule has 10 N–H and O–H groups in total. The van der Waals surface area contributed by atoms with Gasteiger partial charge in [0.2, 0.25) is 0 Å². The van der Waals surface area contributed by atoms with Crippen LogP contribution in [0.3, 0.4) is 0 Å². The molecular formula is C70H102BBr5Cl2F4IKN8NaO23S. The second-order valence-electron chi connectivity index (χ2n) is 18.8. The number of hydrogen-bond acceptors (Lipinski definition) is 28. The van der Waals surface area contributed by atoms with Crippen LogP contribution in [0.2, 0.25) is 0 Å². The Morgan fingerprint density at radius 2 is 0.983 bits per heavy atom. The third-order valence-corrected chi connectivity index (χ3v) is 14.1. The van der Waals surface area contributed by atoms with Crippen LogP contribution in [0, 0.1) is 20.8 Å². The standard InChI is InChI=1S/C15H19FO5.C11H13FO4.C10H11FO4.C9H10O4.C5H6Br2N2.C4H4Br2N2.C4H6N2.C4H9NO2.C2H4BrF.2C2H6O.CH2Cl2.CH3I.BHNS.K.Na.2H2O/c1-3-20-15(18)7-5-12(17)11-4-6-13(21-9-8-16)14(10-11)19-2;1-14-10-7-8(11(13)15-2)3-4-9(10)16-6-5-12;1-14-9-6-7(10(12)13)2-3-8(9)15-5-4-11;1-12-8-5-6(9(11)13-2)3-4-7(8)10;1-3-4(6)8-5(7)9(3)2;1-2-3(5)8-4(6)7-2;1-4-2-5-3-6-4;1-2-7-4(6)3-5;3-1-2-4;2*1-2-3;2-1-3;1-2;1-2-3;;;;/h4,6,10H,3,5,7-9H2,1-2H3;3-4,7H,5-6H2,1-2H3;2-3,6H,4-5H2,1H3,(H,12,13);3-5,10H,1-2H3;1-2H3;1H3,(H,7,8);2-3H,1H3,(H,5,6);2-3,5H2,1H3;1-2H2;2*3H,2H2,1H3;1H2;1H3;3H;;;2*1H2/q;;;;;;;;;;;;;;2*+1;;/p-2. The number of aromatic hydroxyl groups is 1. The maximum atomic E-state index is 12.1. The number of carboxylic acid groups (broad SMARTS) is 1. The van der Waals surface area contributed by atoms with E-state index in [2.05, 4.69) is 166 Å². The normalized spacial score (nSPS) is 8.70. The molecule has 3 heterocycles. The summed E-state index contributed by atoms with van der Waals surface area (Å²) in [6.45, 7) is 11.6. The molecule has 117 heavy (non-hydrogen) atoms. The number of ketones is 1. The number of halogens is 12. The van der Waals surface area contributed by atoms with E-state index in [-0.39, 0.29) is 191 Å². The van der Waals surface area contributed by atoms with Crippen LogP contribution in [0.4, 0.5) is 17.6 Å². The van der Waals surface area contributed by atoms with Gasteiger partial charge in [0, 0.05) is 60.9 Å². The predicted molar refractivity (Wildman–Crippen MR) is 462 cm³/mol. The molecule has 0 aliphatic rings. The van der Waals surface area contributed by atoms with E-state index in [0.717, 1.165) is 35.8 Å². The number of carbonyl (C=O) groups excluding carboxylic acids is 5. The van der Waals surface area contributed by atoms with Crippen LogP contribution in [-0.2, 0) is 35.6 Å². The molecule has 0 saturated carbocycles. The van der Waals surface area contributed by atoms with E-state index in [4.69, 9.17) is 82.2 Å². The molecule has 31 nitrogen and oxygen atoms in total. The van der Waals surface area contributed by atoms with Crippen molar-refractivity contribution in [2.75, 3.05) is 138 Å². The van der Waals surface area contributed by atoms with Crippen molar-refractivity contribution in [1.82, 2.24) is 29.5 Å². The second-order valence-corrected chi connectivity index (χ2v) is 23.6. The summed E-state index contributed by atoms with van der Waals surface area (Å²) in [5.41, 5.74) is 9.36. The number of alkyl halides is 8. The molecule has 1 radical (unpaired) electrons. The van der Waals surface area contributed by atoms with Gasteiger partial charge in [-0.15, -0.1) is 23.2 Å². The van der Waals surface area contributed by atoms with E-state index in [1.54, 1.807) is 58.4 Å². The number of aromatic amines is 2. The van der Waals surface area contributed by atoms with Crippen LogP contribution in [0.1, 0.15) is 99.1 Å². The summed E-state index contributed by atoms with van der Waals surface area (Å²) in [6, 6.07) is 17.6. The number of ether oxygens (including phenoxy) is 11. The van der Waals surface area contributed by atoms with E-state index in [0.29, 0.717) is 64.0 Å². The number of H-pyrrole nitrogens is 2. The molecular weight excluding hydrogens is 2100 g/mol. The largest absolute Gasteiger partial charge is 1.00 e. The van der Waals surface area contributed by atoms with Gasteiger partial charge in [-0.05, 0) is 190 Å². The maximum absolute atomic E-state index is 12.1. The van der Waals surface area contributed by atoms with Crippen molar-refractivity contribution >= 4 is 182 Å². The van der Waals surface area contributed by atoms with E-state index < -0.39 is 43.9 Å². The number of carbonyl (C=O) groups is 6. The van der Waals surface area contributed by atoms with Gasteiger partial charge in [0.05, 0.1) is 104 Å². The number of nitrogens with two attached hydrogens (primary N) is 1. The van der Waals surface area contributed by atoms with Crippen LogP contribution in [0.25, 0.3) is 0 Å². The average Bonchev–Trinajstić information content (AvgIpc) is 1.12. The molecule has 0 amide bonds. The first-order chi connectivity index (χ1) is 53.8. The Kier molecular flexibility index (Phi) is 110. The zero-order chi connectivity index (χ0) is 88.2. The van der Waals surface area contributed by atoms with Gasteiger partial charge in [0.1, 0.15) is 49.1 Å². The predicted octanol–water partition coefficient (Wildman–Crippen LogP) is 9.71. The number of imidazole rings is 3. The van der Waals surface area contributed by atoms with Crippen LogP contribution in [-0.4, -0.2) is 242 Å². The van der Waals surface area contributed by atoms with Crippen LogP contribution in [0.5, 0.6) is 46.0 Å². The number of aliphatic hydroxyl groups is 2. The third-order valence-electron chi connectivity index (χ3n) is 11.2. The number of methoxy groups -OCH3 is 6. The third kappa shape index (κ3) is 72.2. The van der Waals surface area contributed by atoms with Crippen molar-refractivity contribution in [3.63, 3.8) is 0 Å². The van der Waals surface area contributed by atoms with Gasteiger partial charge in [-0.1, -0.05) is 38.5 Å². The number of nitrogens with one attached hydrogen (secondary N) is 2. The molecule has 0 unspecified atom stereocenters. The second kappa shape index (κ2) is 94.3. The van der Waals surface area contributed by atoms with Crippen molar-refractivity contribution in [2.45, 2.75) is 61.3 Å². The summed E-state index contributed by atoms with van der Waals surface area (Å²) in [4.78, 5) is 85.9. The summed E-state index contributed by atoms with van der Waals surface area (Å²) in [5.74, 6) is -0.561. The molecule has 0 aliphatic heterocycles. The number of aromatic carboxylic acids is 1. The smallest absolute Gasteiger partial charge is 0.870 e. The number of aromatic nitrogens is 6. The number of phenols is 1. The van der Waals surface area contributed by atoms with Gasteiger partial charge in [-0.25, -0.2) is 42.5 Å². The molecule has 4 aromatic carbocycles. The molecule has 0 bridgehead atoms. The fraction of sp³-hybridized carbons (Fsp3) is 0.443. The first-order valence-electron chi connectivity index (χ1n) is 32.3. The summed E-state index contributed by atoms with van der Waals surface area (Å²) >= 11 is 30.8. The van der Waals surface area contributed by atoms with Crippen molar-refractivity contribution in [1.29, 1.82) is 0 Å². The molecule has 655 valence electrons. The van der Waals surface area contributed by atoms with Crippen LogP contribution in [0.15, 0.2) is 108 Å². The number of nitrogens with zero attached hydrogens (tertiary/aromatic N) is 5. The van der Waals surface area contributed by atoms with Gasteiger partial charge in [-0.3, -0.25) is 18.8 Å². The zero-order valence-corrected chi connectivity index (χ0v) is 85.5. The number of thiol groups is 1. The van der Waals surface area contributed by atoms with Gasteiger partial charge in [0.25, 0.3) is 0 Å². The molecule has 0 atom stereocenters. The number of aliphatic hydroxyl groups excluding tert-OH is 2. The Labute approximate surface area is 817 Å². The topological polar surface area (TPSA) is 458 Å². The number of Topliss-reactive ketones (excluding diaryl/α,β-unsaturated/α-hetero) is 1. The van der Waals surface area contributed by atoms with Crippen molar-refractivity contribution < 1.29 is 211 Å². The molecule has 7 aromatic rings. The Bertz CT molecular complexity index is 3600. The van der Waals surface area contributed by atoms with Crippen molar-refractivity contribution in [3.05, 3.63) is 143 Å². The van der Waals surface area contributed by atoms with Crippen LogP contribution >= 0.6 is 138 Å². The van der Waals surface area contributed by atoms with E-state index in [1.807, 2.05) is 37.3 Å². The van der Waals surface area contributed by atoms with Gasteiger partial charge < -0.3 is 104 Å². The Morgan fingerprint density at radius 3 is 1.23 bits per heavy atom. The molecule has 0 fully saturated rings. The van der Waals surface area contributed by atoms with E-state index in [1.165, 1.54) is 97.3 Å². The number of carboxylic acids is 1. The minimum absolute atomic E-state index is 0. The first kappa shape index (κ1) is 136. The minimum atomic E-state index is -1.05. The number of phenolic OH excluding ortho intramolecular Hbond substituents is 1. The SMILES string of the molecule is CCO.CCO.CCOC(=O)CCC(=O)c1ccc(OCCF)c(OC)c1.CCOC(=O)CN.CI.COC(=O)c1ccc(O)c(OC)c1.COC(=O)c1ccc(OCCF)c(OC)c1.COc1cc(C(=O)O)ccc1OCCF.Cc1[nH]c(Br)nc1Br.Cc1c(Br)nc(Br)n1C.Cc1cnc[nH]1.ClCCl.FCCBr.[B]=NS.[K+].[Na+].[OH-].[OH-]. The Hall–Kier alpha value is -3.99. The summed E-state index contributed by atoms with van der Waals surface area (Å²) in [6.07, 6.45) is 3.54. The number of aryl methyl sites for hydroxylation is 2. The molecule has 0 spiro atoms. The summed E-state index contributed by atoms with van der Waals surface area (Å²) < 4.78 is 108. The van der Waals surface area contributed by atoms with E-state index >= 15 is 0 Å². The quantitative estimate of drug-likeness (QED) is 0.00407. The van der Waals surface area contributed by atoms with Crippen LogP contribution < -0.4 is 120 Å². The molecule has 3 aromatic heterocycles. The zero-order valence-electron chi connectivity index (χ0n) is 67.9. The van der Waals surface area contributed by atoms with Crippen molar-refractivity contribution in [3.8, 4) is 46.0 Å². The van der Waals surface area contributed by atoms with Gasteiger partial charge >= 0.3 is 136 Å². The monoisotopic (exact) mass is 2200 g/mol. The summed E-state index contributed by atoms with van der Waals surface area (Å²) in [5, 5.41) is 33.7. The number of esters is 4. The van der Waals surface area contributed by atoms with Gasteiger partial charge in [0.15, 0.2) is 61.2 Å². The fourth-order valence-corrected chi connectivity index (χ4v) is 8.44. The minimum Gasteiger partial charge on any atom is -0.870 e. The Balaban J connectivity index is -0.000000120. The number of benzene rings is 4. The number of hydrogen-bond donors (Lipinski definition) is 8. The molecule has 0 aliphatic carbocycles. The van der Waals surface area contributed by atoms with Crippen molar-refractivity contribution in [2.24, 2.45) is 17.1 Å².